The van der Waals surface area contributed by atoms with Crippen molar-refractivity contribution in [3.05, 3.63) is 116 Å². The highest BCUT2D eigenvalue weighted by molar-refractivity contribution is 6.07. The molecule has 0 radical (unpaired) electrons. The molecule has 0 saturated heterocycles. The smallest absolute Gasteiger partial charge is 0.371 e. The first-order chi connectivity index (χ1) is 14.8. The average molecular weight is 424 g/mol. The van der Waals surface area contributed by atoms with Crippen LogP contribution in [0.1, 0.15) is 21.5 Å². The van der Waals surface area contributed by atoms with E-state index in [4.69, 9.17) is 5.11 Å². The minimum Gasteiger partial charge on any atom is -0.502 e. The number of hydrogen-bond acceptors (Lipinski definition) is 5. The van der Waals surface area contributed by atoms with E-state index in [0.29, 0.717) is 11.6 Å². The van der Waals surface area contributed by atoms with Crippen molar-refractivity contribution in [2.24, 2.45) is 0 Å². The molecule has 9 heteroatoms. The summed E-state index contributed by atoms with van der Waals surface area (Å²) in [6, 6.07) is 13.9. The number of halogens is 1. The Labute approximate surface area is 174 Å². The predicted molar refractivity (Wildman–Crippen MR) is 109 cm³/mol. The summed E-state index contributed by atoms with van der Waals surface area (Å²) >= 11 is 0. The standard InChI is InChI=1S/C22H17FN2O6/c23-16-8-6-15(7-9-16)12-25-20(28)17(18(26)10-19(27)21(29)30)13-24(22(25)31)11-14-4-2-1-3-5-14/h1-10,13,27H,11-12H2,(H,29,30)/b19-10-. The van der Waals surface area contributed by atoms with Crippen LogP contribution in [0.25, 0.3) is 0 Å². The summed E-state index contributed by atoms with van der Waals surface area (Å²) < 4.78 is 15.1. The number of carboxylic acid groups (broad SMARTS) is 1. The zero-order valence-electron chi connectivity index (χ0n) is 16.1. The van der Waals surface area contributed by atoms with Crippen LogP contribution in [-0.4, -0.2) is 31.1 Å². The fourth-order valence-corrected chi connectivity index (χ4v) is 2.89. The van der Waals surface area contributed by atoms with Gasteiger partial charge in [-0.3, -0.25) is 18.7 Å². The first-order valence-corrected chi connectivity index (χ1v) is 9.07. The highest BCUT2D eigenvalue weighted by Crippen LogP contribution is 2.06. The number of carbonyl (C=O) groups is 2. The topological polar surface area (TPSA) is 119 Å². The third kappa shape index (κ3) is 5.02. The van der Waals surface area contributed by atoms with E-state index in [1.54, 1.807) is 30.3 Å². The molecule has 0 fully saturated rings. The fraction of sp³-hybridized carbons (Fsp3) is 0.0909. The van der Waals surface area contributed by atoms with Gasteiger partial charge in [0.25, 0.3) is 5.56 Å². The van der Waals surface area contributed by atoms with Crippen LogP contribution < -0.4 is 11.2 Å². The van der Waals surface area contributed by atoms with Gasteiger partial charge in [0.05, 0.1) is 13.1 Å². The Kier molecular flexibility index (Phi) is 6.25. The molecule has 158 valence electrons. The molecule has 31 heavy (non-hydrogen) atoms. The molecule has 0 bridgehead atoms. The van der Waals surface area contributed by atoms with Crippen LogP contribution in [-0.2, 0) is 17.9 Å². The molecule has 2 aromatic carbocycles. The molecular formula is C22H17FN2O6. The summed E-state index contributed by atoms with van der Waals surface area (Å²) in [5, 5.41) is 18.1. The fourth-order valence-electron chi connectivity index (χ4n) is 2.89. The van der Waals surface area contributed by atoms with Gasteiger partial charge in [-0.05, 0) is 23.3 Å². The number of nitrogens with zero attached hydrogens (tertiary/aromatic N) is 2. The van der Waals surface area contributed by atoms with Gasteiger partial charge in [0, 0.05) is 12.3 Å². The number of carboxylic acids is 1. The molecule has 0 aliphatic rings. The molecule has 1 aromatic heterocycles. The van der Waals surface area contributed by atoms with Crippen LogP contribution >= 0.6 is 0 Å². The van der Waals surface area contributed by atoms with Gasteiger partial charge in [-0.25, -0.2) is 14.0 Å². The number of aliphatic hydroxyl groups is 1. The Hall–Kier alpha value is -4.27. The summed E-state index contributed by atoms with van der Waals surface area (Å²) in [5.74, 6) is -4.54. The summed E-state index contributed by atoms with van der Waals surface area (Å²) in [4.78, 5) is 49.1. The third-order valence-corrected chi connectivity index (χ3v) is 4.44. The lowest BCUT2D eigenvalue weighted by atomic mass is 10.1. The molecule has 2 N–H and O–H groups in total. The van der Waals surface area contributed by atoms with E-state index in [1.807, 2.05) is 0 Å². The molecule has 8 nitrogen and oxygen atoms in total. The second-order valence-electron chi connectivity index (χ2n) is 6.66. The Morgan fingerprint density at radius 2 is 1.52 bits per heavy atom. The maximum Gasteiger partial charge on any atom is 0.371 e. The molecule has 0 unspecified atom stereocenters. The predicted octanol–water partition coefficient (Wildman–Crippen LogP) is 1.95. The molecule has 0 aliphatic carbocycles. The van der Waals surface area contributed by atoms with Crippen molar-refractivity contribution in [2.75, 3.05) is 0 Å². The summed E-state index contributed by atoms with van der Waals surface area (Å²) in [6.07, 6.45) is 1.44. The van der Waals surface area contributed by atoms with Crippen molar-refractivity contribution >= 4 is 11.8 Å². The van der Waals surface area contributed by atoms with E-state index < -0.39 is 40.1 Å². The SMILES string of the molecule is O=C(O)/C(O)=C/C(=O)c1cn(Cc2ccccc2)c(=O)n(Cc2ccc(F)cc2)c1=O. The van der Waals surface area contributed by atoms with Gasteiger partial charge in [0.2, 0.25) is 5.76 Å². The monoisotopic (exact) mass is 424 g/mol. The summed E-state index contributed by atoms with van der Waals surface area (Å²) in [6.45, 7) is -0.194. The first-order valence-electron chi connectivity index (χ1n) is 9.07. The number of aliphatic carboxylic acids is 1. The summed E-state index contributed by atoms with van der Waals surface area (Å²) in [5.41, 5.74) is -0.996. The molecule has 0 saturated carbocycles. The maximum absolute atomic E-state index is 13.2. The maximum atomic E-state index is 13.2. The van der Waals surface area contributed by atoms with Crippen LogP contribution in [0.4, 0.5) is 4.39 Å². The van der Waals surface area contributed by atoms with Crippen molar-refractivity contribution in [1.29, 1.82) is 0 Å². The molecule has 3 rings (SSSR count). The van der Waals surface area contributed by atoms with Gasteiger partial charge in [-0.1, -0.05) is 42.5 Å². The van der Waals surface area contributed by atoms with Crippen LogP contribution in [0, 0.1) is 5.82 Å². The van der Waals surface area contributed by atoms with Gasteiger partial charge in [0.15, 0.2) is 5.78 Å². The Bertz CT molecular complexity index is 1270. The highest BCUT2D eigenvalue weighted by atomic mass is 19.1. The second-order valence-corrected chi connectivity index (χ2v) is 6.66. The number of ketones is 1. The van der Waals surface area contributed by atoms with Gasteiger partial charge < -0.3 is 10.2 Å². The largest absolute Gasteiger partial charge is 0.502 e. The molecular weight excluding hydrogens is 407 g/mol. The van der Waals surface area contributed by atoms with E-state index in [-0.39, 0.29) is 13.1 Å². The van der Waals surface area contributed by atoms with Crippen LogP contribution in [0.15, 0.2) is 82.2 Å². The molecule has 0 aliphatic heterocycles. The number of aromatic nitrogens is 2. The number of hydrogen-bond donors (Lipinski definition) is 2. The molecule has 1 heterocycles. The minimum atomic E-state index is -1.74. The zero-order valence-corrected chi connectivity index (χ0v) is 16.1. The van der Waals surface area contributed by atoms with Crippen LogP contribution in [0.3, 0.4) is 0 Å². The number of rotatable bonds is 7. The van der Waals surface area contributed by atoms with E-state index in [9.17, 15) is 28.7 Å². The van der Waals surface area contributed by atoms with E-state index >= 15 is 0 Å². The van der Waals surface area contributed by atoms with Crippen molar-refractivity contribution < 1.29 is 24.2 Å². The quantitative estimate of drug-likeness (QED) is 0.340. The molecule has 0 spiro atoms. The van der Waals surface area contributed by atoms with Crippen molar-refractivity contribution in [2.45, 2.75) is 13.1 Å². The van der Waals surface area contributed by atoms with Gasteiger partial charge >= 0.3 is 11.7 Å². The number of aliphatic hydroxyl groups excluding tert-OH is 1. The Morgan fingerprint density at radius 3 is 2.13 bits per heavy atom. The van der Waals surface area contributed by atoms with E-state index in [0.717, 1.165) is 20.9 Å². The van der Waals surface area contributed by atoms with Gasteiger partial charge in [0.1, 0.15) is 11.4 Å². The number of benzene rings is 2. The van der Waals surface area contributed by atoms with Crippen molar-refractivity contribution in [1.82, 2.24) is 9.13 Å². The third-order valence-electron chi connectivity index (χ3n) is 4.44. The zero-order chi connectivity index (χ0) is 22.5. The lowest BCUT2D eigenvalue weighted by Crippen LogP contribution is -2.42. The van der Waals surface area contributed by atoms with E-state index in [2.05, 4.69) is 0 Å². The minimum absolute atomic E-state index is 0.0400. The first kappa shape index (κ1) is 21.4. The van der Waals surface area contributed by atoms with Crippen molar-refractivity contribution in [3.63, 3.8) is 0 Å². The van der Waals surface area contributed by atoms with E-state index in [1.165, 1.54) is 24.3 Å². The highest BCUT2D eigenvalue weighted by Gasteiger charge is 2.18. The van der Waals surface area contributed by atoms with Crippen LogP contribution in [0.2, 0.25) is 0 Å². The summed E-state index contributed by atoms with van der Waals surface area (Å²) in [7, 11) is 0. The normalized spacial score (nSPS) is 11.3. The van der Waals surface area contributed by atoms with Crippen LogP contribution in [0.5, 0.6) is 0 Å². The van der Waals surface area contributed by atoms with Crippen molar-refractivity contribution in [3.8, 4) is 0 Å². The lowest BCUT2D eigenvalue weighted by Gasteiger charge is -2.13. The Balaban J connectivity index is 2.14. The van der Waals surface area contributed by atoms with Gasteiger partial charge in [-0.2, -0.15) is 0 Å². The Morgan fingerprint density at radius 1 is 0.903 bits per heavy atom. The molecule has 3 aromatic rings. The molecule has 0 atom stereocenters. The molecule has 0 amide bonds. The number of allylic oxidation sites excluding steroid dienone is 1. The number of carbonyl (C=O) groups excluding carboxylic acids is 1. The second kappa shape index (κ2) is 9.04. The lowest BCUT2D eigenvalue weighted by molar-refractivity contribution is -0.135. The van der Waals surface area contributed by atoms with Gasteiger partial charge in [-0.15, -0.1) is 0 Å². The average Bonchev–Trinajstić information content (AvgIpc) is 2.75.